The molecule has 6 nitrogen and oxygen atoms in total. The molecule has 100 valence electrons. The first-order valence-corrected chi connectivity index (χ1v) is 5.91. The second kappa shape index (κ2) is 5.09. The van der Waals surface area contributed by atoms with Crippen LogP contribution >= 0.6 is 0 Å². The Labute approximate surface area is 110 Å². The van der Waals surface area contributed by atoms with Crippen molar-refractivity contribution in [2.45, 2.75) is 19.9 Å². The molecule has 2 aromatic rings. The molecule has 0 spiro atoms. The van der Waals surface area contributed by atoms with E-state index in [-0.39, 0.29) is 11.7 Å². The van der Waals surface area contributed by atoms with Crippen molar-refractivity contribution in [1.29, 1.82) is 0 Å². The number of non-ortho nitro benzene ring substituents is 1. The molecule has 0 radical (unpaired) electrons. The van der Waals surface area contributed by atoms with Gasteiger partial charge in [0.1, 0.15) is 5.75 Å². The number of benzene rings is 1. The van der Waals surface area contributed by atoms with Crippen LogP contribution in [0.1, 0.15) is 19.9 Å². The highest BCUT2D eigenvalue weighted by atomic mass is 16.6. The summed E-state index contributed by atoms with van der Waals surface area (Å²) < 4.78 is 7.03. The standard InChI is InChI=1S/C13H15N3O3/c1-9(2)15-7-6-12(14-15)11-8-10(16(17)18)4-5-13(11)19-3/h4-9H,1-3H3. The number of hydrogen-bond donors (Lipinski definition) is 0. The third kappa shape index (κ3) is 2.57. The minimum absolute atomic E-state index is 0.0231. The average Bonchev–Trinajstić information content (AvgIpc) is 2.87. The maximum Gasteiger partial charge on any atom is 0.270 e. The number of rotatable bonds is 4. The van der Waals surface area contributed by atoms with Crippen molar-refractivity contribution >= 4 is 5.69 Å². The minimum Gasteiger partial charge on any atom is -0.496 e. The van der Waals surface area contributed by atoms with Gasteiger partial charge in [-0.1, -0.05) is 0 Å². The van der Waals surface area contributed by atoms with Crippen LogP contribution in [0.15, 0.2) is 30.5 Å². The van der Waals surface area contributed by atoms with Crippen molar-refractivity contribution in [3.63, 3.8) is 0 Å². The minimum atomic E-state index is -0.428. The lowest BCUT2D eigenvalue weighted by Crippen LogP contribution is -2.01. The summed E-state index contributed by atoms with van der Waals surface area (Å²) >= 11 is 0. The van der Waals surface area contributed by atoms with E-state index in [0.717, 1.165) is 0 Å². The lowest BCUT2D eigenvalue weighted by atomic mass is 10.1. The van der Waals surface area contributed by atoms with Crippen molar-refractivity contribution in [3.05, 3.63) is 40.6 Å². The van der Waals surface area contributed by atoms with E-state index < -0.39 is 4.92 Å². The highest BCUT2D eigenvalue weighted by molar-refractivity contribution is 5.69. The molecule has 19 heavy (non-hydrogen) atoms. The van der Waals surface area contributed by atoms with Gasteiger partial charge in [0.05, 0.1) is 23.3 Å². The summed E-state index contributed by atoms with van der Waals surface area (Å²) in [6, 6.07) is 6.54. The van der Waals surface area contributed by atoms with Crippen LogP contribution in [-0.2, 0) is 0 Å². The number of nitro groups is 1. The van der Waals surface area contributed by atoms with E-state index >= 15 is 0 Å². The zero-order valence-corrected chi connectivity index (χ0v) is 11.0. The molecule has 0 atom stereocenters. The van der Waals surface area contributed by atoms with Gasteiger partial charge in [-0.05, 0) is 26.0 Å². The predicted octanol–water partition coefficient (Wildman–Crippen LogP) is 3.05. The van der Waals surface area contributed by atoms with Crippen molar-refractivity contribution in [2.75, 3.05) is 7.11 Å². The van der Waals surface area contributed by atoms with E-state index in [0.29, 0.717) is 17.0 Å². The summed E-state index contributed by atoms with van der Waals surface area (Å²) in [5.41, 5.74) is 1.31. The monoisotopic (exact) mass is 261 g/mol. The van der Waals surface area contributed by atoms with Crippen LogP contribution in [0.3, 0.4) is 0 Å². The van der Waals surface area contributed by atoms with Gasteiger partial charge in [0.25, 0.3) is 5.69 Å². The van der Waals surface area contributed by atoms with E-state index in [4.69, 9.17) is 4.74 Å². The zero-order chi connectivity index (χ0) is 14.0. The van der Waals surface area contributed by atoms with Crippen LogP contribution in [0.2, 0.25) is 0 Å². The van der Waals surface area contributed by atoms with Crippen molar-refractivity contribution in [3.8, 4) is 17.0 Å². The Kier molecular flexibility index (Phi) is 3.50. The van der Waals surface area contributed by atoms with Crippen molar-refractivity contribution in [2.24, 2.45) is 0 Å². The molecule has 1 heterocycles. The first-order valence-electron chi connectivity index (χ1n) is 5.91. The van der Waals surface area contributed by atoms with Gasteiger partial charge in [-0.3, -0.25) is 14.8 Å². The van der Waals surface area contributed by atoms with Crippen LogP contribution in [0.5, 0.6) is 5.75 Å². The third-order valence-corrected chi connectivity index (χ3v) is 2.81. The smallest absolute Gasteiger partial charge is 0.270 e. The summed E-state index contributed by atoms with van der Waals surface area (Å²) in [5.74, 6) is 0.569. The van der Waals surface area contributed by atoms with Gasteiger partial charge in [-0.25, -0.2) is 0 Å². The fourth-order valence-corrected chi connectivity index (χ4v) is 1.78. The Morgan fingerprint density at radius 3 is 2.63 bits per heavy atom. The molecule has 0 amide bonds. The van der Waals surface area contributed by atoms with E-state index in [1.54, 1.807) is 10.7 Å². The van der Waals surface area contributed by atoms with Gasteiger partial charge >= 0.3 is 0 Å². The summed E-state index contributed by atoms with van der Waals surface area (Å²) in [6.45, 7) is 4.03. The third-order valence-electron chi connectivity index (χ3n) is 2.81. The molecule has 2 rings (SSSR count). The molecule has 0 fully saturated rings. The number of nitro benzene ring substituents is 1. The van der Waals surface area contributed by atoms with E-state index in [1.807, 2.05) is 26.1 Å². The molecule has 0 aliphatic heterocycles. The molecule has 6 heteroatoms. The Balaban J connectivity index is 2.51. The number of methoxy groups -OCH3 is 1. The van der Waals surface area contributed by atoms with Gasteiger partial charge in [-0.15, -0.1) is 0 Å². The Bertz CT molecular complexity index is 605. The van der Waals surface area contributed by atoms with Crippen LogP contribution in [-0.4, -0.2) is 21.8 Å². The first kappa shape index (κ1) is 13.1. The molecule has 0 saturated heterocycles. The number of aromatic nitrogens is 2. The second-order valence-electron chi connectivity index (χ2n) is 4.42. The quantitative estimate of drug-likeness (QED) is 0.626. The Hall–Kier alpha value is -2.37. The molecule has 0 aliphatic carbocycles. The summed E-state index contributed by atoms with van der Waals surface area (Å²) in [7, 11) is 1.53. The van der Waals surface area contributed by atoms with Gasteiger partial charge in [-0.2, -0.15) is 5.10 Å². The topological polar surface area (TPSA) is 70.2 Å². The second-order valence-corrected chi connectivity index (χ2v) is 4.42. The van der Waals surface area contributed by atoms with Crippen LogP contribution < -0.4 is 4.74 Å². The molecule has 1 aromatic heterocycles. The van der Waals surface area contributed by atoms with Crippen molar-refractivity contribution < 1.29 is 9.66 Å². The Morgan fingerprint density at radius 2 is 2.11 bits per heavy atom. The van der Waals surface area contributed by atoms with E-state index in [2.05, 4.69) is 5.10 Å². The Morgan fingerprint density at radius 1 is 1.37 bits per heavy atom. The van der Waals surface area contributed by atoms with Gasteiger partial charge in [0.2, 0.25) is 0 Å². The summed E-state index contributed by atoms with van der Waals surface area (Å²) in [4.78, 5) is 10.4. The summed E-state index contributed by atoms with van der Waals surface area (Å²) in [6.07, 6.45) is 1.85. The zero-order valence-electron chi connectivity index (χ0n) is 11.0. The lowest BCUT2D eigenvalue weighted by molar-refractivity contribution is -0.384. The highest BCUT2D eigenvalue weighted by Crippen LogP contribution is 2.32. The van der Waals surface area contributed by atoms with E-state index in [9.17, 15) is 10.1 Å². The lowest BCUT2D eigenvalue weighted by Gasteiger charge is -2.07. The molecule has 0 saturated carbocycles. The number of hydrogen-bond acceptors (Lipinski definition) is 4. The number of ether oxygens (including phenoxy) is 1. The maximum atomic E-state index is 10.8. The van der Waals surface area contributed by atoms with Gasteiger partial charge in [0.15, 0.2) is 0 Å². The fraction of sp³-hybridized carbons (Fsp3) is 0.308. The molecule has 1 aromatic carbocycles. The first-order chi connectivity index (χ1) is 9.02. The molecule has 0 N–H and O–H groups in total. The number of nitrogens with zero attached hydrogens (tertiary/aromatic N) is 3. The van der Waals surface area contributed by atoms with E-state index in [1.165, 1.54) is 19.2 Å². The molecule has 0 unspecified atom stereocenters. The van der Waals surface area contributed by atoms with Crippen molar-refractivity contribution in [1.82, 2.24) is 9.78 Å². The van der Waals surface area contributed by atoms with Crippen LogP contribution in [0.4, 0.5) is 5.69 Å². The molecule has 0 bridgehead atoms. The molecule has 0 aliphatic rings. The van der Waals surface area contributed by atoms with Crippen LogP contribution in [0, 0.1) is 10.1 Å². The highest BCUT2D eigenvalue weighted by Gasteiger charge is 2.15. The van der Waals surface area contributed by atoms with Crippen LogP contribution in [0.25, 0.3) is 11.3 Å². The average molecular weight is 261 g/mol. The molecular formula is C13H15N3O3. The summed E-state index contributed by atoms with van der Waals surface area (Å²) in [5, 5.41) is 15.2. The largest absolute Gasteiger partial charge is 0.496 e. The normalized spacial score (nSPS) is 10.7. The molecular weight excluding hydrogens is 246 g/mol. The van der Waals surface area contributed by atoms with Gasteiger partial charge in [0, 0.05) is 24.4 Å². The van der Waals surface area contributed by atoms with Gasteiger partial charge < -0.3 is 4.74 Å². The SMILES string of the molecule is COc1ccc([N+](=O)[O-])cc1-c1ccn(C(C)C)n1. The maximum absolute atomic E-state index is 10.8. The fourth-order valence-electron chi connectivity index (χ4n) is 1.78. The predicted molar refractivity (Wildman–Crippen MR) is 71.3 cm³/mol.